The molecule has 5 nitrogen and oxygen atoms in total. The van der Waals surface area contributed by atoms with E-state index in [1.807, 2.05) is 49.5 Å². The number of amides is 1. The van der Waals surface area contributed by atoms with E-state index in [-0.39, 0.29) is 4.90 Å². The van der Waals surface area contributed by atoms with Crippen LogP contribution in [0.25, 0.3) is 21.7 Å². The Morgan fingerprint density at radius 2 is 1.62 bits per heavy atom. The minimum absolute atomic E-state index is 0.0600. The minimum Gasteiger partial charge on any atom is -0.350 e. The van der Waals surface area contributed by atoms with Crippen LogP contribution in [0.3, 0.4) is 0 Å². The number of aryl methyl sites for hydroxylation is 1. The van der Waals surface area contributed by atoms with Gasteiger partial charge in [0, 0.05) is 24.1 Å². The molecule has 6 heteroatoms. The van der Waals surface area contributed by atoms with Crippen molar-refractivity contribution < 1.29 is 13.2 Å². The van der Waals surface area contributed by atoms with Crippen LogP contribution in [0.5, 0.6) is 0 Å². The molecule has 0 saturated heterocycles. The van der Waals surface area contributed by atoms with Crippen molar-refractivity contribution in [2.24, 2.45) is 7.05 Å². The first-order valence-electron chi connectivity index (χ1n) is 8.06. The largest absolute Gasteiger partial charge is 0.350 e. The molecule has 0 fully saturated rings. The van der Waals surface area contributed by atoms with E-state index in [1.165, 1.54) is 6.07 Å². The average Bonchev–Trinajstić information content (AvgIpc) is 2.98. The standard InChI is InChI=1S/C20H16N2O3S/c1-22-13-18(17-8-4-5-9-19(17)22)20(23)21-26(24,25)16-11-10-14-6-2-3-7-15(14)12-16/h2-13H,1H3,(H,21,23). The lowest BCUT2D eigenvalue weighted by Crippen LogP contribution is -2.30. The first-order chi connectivity index (χ1) is 12.5. The van der Waals surface area contributed by atoms with Crippen molar-refractivity contribution >= 4 is 37.6 Å². The molecule has 0 unspecified atom stereocenters. The van der Waals surface area contributed by atoms with Gasteiger partial charge in [0.2, 0.25) is 0 Å². The summed E-state index contributed by atoms with van der Waals surface area (Å²) in [5, 5.41) is 2.45. The maximum Gasteiger partial charge on any atom is 0.267 e. The molecular formula is C20H16N2O3S. The zero-order valence-electron chi connectivity index (χ0n) is 14.0. The van der Waals surface area contributed by atoms with Crippen molar-refractivity contribution in [3.8, 4) is 0 Å². The third-order valence-electron chi connectivity index (χ3n) is 4.40. The van der Waals surface area contributed by atoms with Crippen LogP contribution in [0.2, 0.25) is 0 Å². The SMILES string of the molecule is Cn1cc(C(=O)NS(=O)(=O)c2ccc3ccccc3c2)c2ccccc21. The zero-order valence-corrected chi connectivity index (χ0v) is 14.8. The van der Waals surface area contributed by atoms with E-state index >= 15 is 0 Å². The van der Waals surface area contributed by atoms with Crippen molar-refractivity contribution in [1.29, 1.82) is 0 Å². The predicted molar refractivity (Wildman–Crippen MR) is 102 cm³/mol. The van der Waals surface area contributed by atoms with E-state index in [1.54, 1.807) is 29.0 Å². The molecule has 4 aromatic rings. The van der Waals surface area contributed by atoms with E-state index < -0.39 is 15.9 Å². The smallest absolute Gasteiger partial charge is 0.267 e. The first-order valence-corrected chi connectivity index (χ1v) is 9.54. The number of nitrogens with one attached hydrogen (secondary N) is 1. The Kier molecular flexibility index (Phi) is 3.77. The maximum absolute atomic E-state index is 12.7. The number of nitrogens with zero attached hydrogens (tertiary/aromatic N) is 1. The van der Waals surface area contributed by atoms with Crippen molar-refractivity contribution in [2.45, 2.75) is 4.90 Å². The Morgan fingerprint density at radius 1 is 0.923 bits per heavy atom. The number of aromatic nitrogens is 1. The summed E-state index contributed by atoms with van der Waals surface area (Å²) in [6.45, 7) is 0. The number of carbonyl (C=O) groups is 1. The van der Waals surface area contributed by atoms with Crippen molar-refractivity contribution in [3.63, 3.8) is 0 Å². The molecule has 0 radical (unpaired) electrons. The lowest BCUT2D eigenvalue weighted by Gasteiger charge is -2.07. The molecule has 0 spiro atoms. The normalized spacial score (nSPS) is 11.7. The molecule has 1 heterocycles. The highest BCUT2D eigenvalue weighted by molar-refractivity contribution is 7.90. The van der Waals surface area contributed by atoms with Crippen LogP contribution in [-0.2, 0) is 17.1 Å². The van der Waals surface area contributed by atoms with E-state index in [0.717, 1.165) is 16.3 Å². The summed E-state index contributed by atoms with van der Waals surface area (Å²) in [7, 11) is -2.15. The molecule has 1 aromatic heterocycles. The Labute approximate surface area is 150 Å². The van der Waals surface area contributed by atoms with E-state index in [2.05, 4.69) is 4.72 Å². The van der Waals surface area contributed by atoms with Crippen molar-refractivity contribution in [2.75, 3.05) is 0 Å². The zero-order chi connectivity index (χ0) is 18.3. The van der Waals surface area contributed by atoms with Crippen molar-refractivity contribution in [3.05, 3.63) is 78.5 Å². The van der Waals surface area contributed by atoms with Crippen LogP contribution in [-0.4, -0.2) is 18.9 Å². The van der Waals surface area contributed by atoms with Gasteiger partial charge in [0.25, 0.3) is 15.9 Å². The van der Waals surface area contributed by atoms with Crippen LogP contribution < -0.4 is 4.72 Å². The van der Waals surface area contributed by atoms with Gasteiger partial charge in [-0.2, -0.15) is 0 Å². The molecule has 0 aliphatic rings. The molecule has 0 saturated carbocycles. The van der Waals surface area contributed by atoms with Gasteiger partial charge in [-0.1, -0.05) is 48.5 Å². The highest BCUT2D eigenvalue weighted by Crippen LogP contribution is 2.22. The number of sulfonamides is 1. The van der Waals surface area contributed by atoms with Gasteiger partial charge in [-0.3, -0.25) is 4.79 Å². The third-order valence-corrected chi connectivity index (χ3v) is 5.73. The number of hydrogen-bond acceptors (Lipinski definition) is 3. The van der Waals surface area contributed by atoms with Crippen LogP contribution in [0.4, 0.5) is 0 Å². The number of benzene rings is 3. The van der Waals surface area contributed by atoms with Crippen LogP contribution >= 0.6 is 0 Å². The Hall–Kier alpha value is -3.12. The van der Waals surface area contributed by atoms with Crippen LogP contribution in [0, 0.1) is 0 Å². The van der Waals surface area contributed by atoms with Gasteiger partial charge < -0.3 is 4.57 Å². The minimum atomic E-state index is -3.97. The number of para-hydroxylation sites is 1. The molecule has 0 aliphatic heterocycles. The monoisotopic (exact) mass is 364 g/mol. The molecule has 4 rings (SSSR count). The second kappa shape index (κ2) is 6.00. The Balaban J connectivity index is 1.71. The lowest BCUT2D eigenvalue weighted by molar-refractivity contribution is 0.0983. The van der Waals surface area contributed by atoms with Gasteiger partial charge in [-0.25, -0.2) is 13.1 Å². The highest BCUT2D eigenvalue weighted by atomic mass is 32.2. The molecule has 130 valence electrons. The summed E-state index contributed by atoms with van der Waals surface area (Å²) >= 11 is 0. The molecular weight excluding hydrogens is 348 g/mol. The van der Waals surface area contributed by atoms with Gasteiger partial charge in [0.05, 0.1) is 10.5 Å². The van der Waals surface area contributed by atoms with Gasteiger partial charge in [0.1, 0.15) is 0 Å². The van der Waals surface area contributed by atoms with E-state index in [0.29, 0.717) is 10.9 Å². The second-order valence-corrected chi connectivity index (χ2v) is 7.80. The number of carbonyl (C=O) groups excluding carboxylic acids is 1. The molecule has 3 aromatic carbocycles. The molecule has 1 N–H and O–H groups in total. The van der Waals surface area contributed by atoms with E-state index in [9.17, 15) is 13.2 Å². The number of rotatable bonds is 3. The fourth-order valence-corrected chi connectivity index (χ4v) is 4.09. The predicted octanol–water partition coefficient (Wildman–Crippen LogP) is 3.45. The average molecular weight is 364 g/mol. The van der Waals surface area contributed by atoms with Crippen LogP contribution in [0.15, 0.2) is 77.8 Å². The van der Waals surface area contributed by atoms with E-state index in [4.69, 9.17) is 0 Å². The first kappa shape index (κ1) is 16.4. The third kappa shape index (κ3) is 2.74. The fraction of sp³-hybridized carbons (Fsp3) is 0.0500. The fourth-order valence-electron chi connectivity index (χ4n) is 3.09. The van der Waals surface area contributed by atoms with Gasteiger partial charge in [0.15, 0.2) is 0 Å². The summed E-state index contributed by atoms with van der Waals surface area (Å²) in [6.07, 6.45) is 1.63. The quantitative estimate of drug-likeness (QED) is 0.605. The summed E-state index contributed by atoms with van der Waals surface area (Å²) in [4.78, 5) is 12.7. The van der Waals surface area contributed by atoms with Gasteiger partial charge in [-0.15, -0.1) is 0 Å². The Morgan fingerprint density at radius 3 is 2.42 bits per heavy atom. The lowest BCUT2D eigenvalue weighted by atomic mass is 10.1. The topological polar surface area (TPSA) is 68.2 Å². The van der Waals surface area contributed by atoms with Gasteiger partial charge in [-0.05, 0) is 29.0 Å². The second-order valence-electron chi connectivity index (χ2n) is 6.11. The van der Waals surface area contributed by atoms with Crippen molar-refractivity contribution in [1.82, 2.24) is 9.29 Å². The summed E-state index contributed by atoms with van der Waals surface area (Å²) in [5.41, 5.74) is 1.19. The summed E-state index contributed by atoms with van der Waals surface area (Å²) in [5.74, 6) is -0.644. The highest BCUT2D eigenvalue weighted by Gasteiger charge is 2.21. The molecule has 26 heavy (non-hydrogen) atoms. The summed E-state index contributed by atoms with van der Waals surface area (Å²) < 4.78 is 29.3. The Bertz CT molecular complexity index is 1260. The molecule has 0 aliphatic carbocycles. The van der Waals surface area contributed by atoms with Crippen LogP contribution in [0.1, 0.15) is 10.4 Å². The number of hydrogen-bond donors (Lipinski definition) is 1. The molecule has 0 bridgehead atoms. The summed E-state index contributed by atoms with van der Waals surface area (Å²) in [6, 6.07) is 19.6. The number of fused-ring (bicyclic) bond motifs is 2. The maximum atomic E-state index is 12.7. The molecule has 1 amide bonds. The van der Waals surface area contributed by atoms with Gasteiger partial charge >= 0.3 is 0 Å². The molecule has 0 atom stereocenters.